The van der Waals surface area contributed by atoms with E-state index >= 15 is 0 Å². The van der Waals surface area contributed by atoms with Crippen LogP contribution >= 0.6 is 15.9 Å². The van der Waals surface area contributed by atoms with Crippen LogP contribution in [0.5, 0.6) is 0 Å². The van der Waals surface area contributed by atoms with Crippen molar-refractivity contribution in [3.63, 3.8) is 0 Å². The van der Waals surface area contributed by atoms with Crippen LogP contribution in [0.15, 0.2) is 28.1 Å². The Hall–Kier alpha value is -0.950. The van der Waals surface area contributed by atoms with Gasteiger partial charge in [-0.25, -0.2) is 4.68 Å². The fourth-order valence-electron chi connectivity index (χ4n) is 1.98. The summed E-state index contributed by atoms with van der Waals surface area (Å²) in [6.07, 6.45) is 4.98. The van der Waals surface area contributed by atoms with Crippen molar-refractivity contribution >= 4 is 32.4 Å². The van der Waals surface area contributed by atoms with E-state index in [9.17, 15) is 9.00 Å². The number of rotatable bonds is 4. The highest BCUT2D eigenvalue weighted by molar-refractivity contribution is 9.10. The molecule has 0 amide bonds. The molecule has 1 aromatic heterocycles. The zero-order chi connectivity index (χ0) is 13.8. The average molecular weight is 346 g/mol. The maximum atomic E-state index is 12.0. The van der Waals surface area contributed by atoms with Crippen molar-refractivity contribution in [3.05, 3.63) is 33.7 Å². The van der Waals surface area contributed by atoms with Crippen LogP contribution < -0.4 is 10.9 Å². The van der Waals surface area contributed by atoms with Gasteiger partial charge in [-0.05, 0) is 28.8 Å². The van der Waals surface area contributed by atoms with Gasteiger partial charge < -0.3 is 5.32 Å². The lowest BCUT2D eigenvalue weighted by Gasteiger charge is -2.23. The Balaban J connectivity index is 2.13. The SMILES string of the molecule is C=CCn1ncc(NC2CCS(=O)CC2)c(Br)c1=O. The summed E-state index contributed by atoms with van der Waals surface area (Å²) in [5.41, 5.74) is 0.521. The van der Waals surface area contributed by atoms with Crippen molar-refractivity contribution in [2.75, 3.05) is 16.8 Å². The third kappa shape index (κ3) is 3.54. The third-order valence-corrected chi connectivity index (χ3v) is 5.18. The van der Waals surface area contributed by atoms with Crippen molar-refractivity contribution in [1.29, 1.82) is 0 Å². The van der Waals surface area contributed by atoms with Crippen LogP contribution in [-0.4, -0.2) is 31.5 Å². The zero-order valence-corrected chi connectivity index (χ0v) is 12.9. The fourth-order valence-corrected chi connectivity index (χ4v) is 3.70. The van der Waals surface area contributed by atoms with E-state index in [4.69, 9.17) is 0 Å². The van der Waals surface area contributed by atoms with Crippen LogP contribution in [0.25, 0.3) is 0 Å². The number of nitrogens with one attached hydrogen (secondary N) is 1. The molecule has 0 atom stereocenters. The first-order valence-corrected chi connectivity index (χ1v) is 8.38. The van der Waals surface area contributed by atoms with Gasteiger partial charge in [-0.2, -0.15) is 5.10 Å². The minimum Gasteiger partial charge on any atom is -0.380 e. The molecule has 0 saturated carbocycles. The Kier molecular flexibility index (Phi) is 4.93. The summed E-state index contributed by atoms with van der Waals surface area (Å²) in [5.74, 6) is 1.44. The van der Waals surface area contributed by atoms with Crippen LogP contribution in [0.2, 0.25) is 0 Å². The molecule has 0 unspecified atom stereocenters. The number of nitrogens with zero attached hydrogens (tertiary/aromatic N) is 2. The number of aromatic nitrogens is 2. The van der Waals surface area contributed by atoms with Crippen LogP contribution in [0, 0.1) is 0 Å². The summed E-state index contributed by atoms with van der Waals surface area (Å²) < 4.78 is 13.1. The second-order valence-corrected chi connectivity index (χ2v) is 6.90. The maximum Gasteiger partial charge on any atom is 0.283 e. The molecular formula is C12H16BrN3O2S. The van der Waals surface area contributed by atoms with E-state index in [0.717, 1.165) is 24.3 Å². The normalized spacial score (nSPS) is 23.0. The summed E-state index contributed by atoms with van der Waals surface area (Å²) >= 11 is 3.31. The summed E-state index contributed by atoms with van der Waals surface area (Å²) in [5, 5.41) is 7.39. The molecule has 104 valence electrons. The second-order valence-electron chi connectivity index (χ2n) is 4.41. The molecule has 0 radical (unpaired) electrons. The number of anilines is 1. The Morgan fingerprint density at radius 1 is 1.58 bits per heavy atom. The van der Waals surface area contributed by atoms with Gasteiger partial charge in [0.25, 0.3) is 5.56 Å². The first kappa shape index (κ1) is 14.5. The summed E-state index contributed by atoms with van der Waals surface area (Å²) in [7, 11) is -0.679. The molecule has 1 saturated heterocycles. The predicted molar refractivity (Wildman–Crippen MR) is 80.9 cm³/mol. The molecular weight excluding hydrogens is 330 g/mol. The van der Waals surface area contributed by atoms with E-state index < -0.39 is 10.8 Å². The van der Waals surface area contributed by atoms with Crippen LogP contribution in [0.1, 0.15) is 12.8 Å². The molecule has 0 aliphatic carbocycles. The predicted octanol–water partition coefficient (Wildman–Crippen LogP) is 1.51. The van der Waals surface area contributed by atoms with Crippen molar-refractivity contribution in [2.24, 2.45) is 0 Å². The molecule has 0 bridgehead atoms. The monoisotopic (exact) mass is 345 g/mol. The fraction of sp³-hybridized carbons (Fsp3) is 0.500. The van der Waals surface area contributed by atoms with E-state index in [2.05, 4.69) is 32.9 Å². The van der Waals surface area contributed by atoms with E-state index in [-0.39, 0.29) is 11.6 Å². The molecule has 19 heavy (non-hydrogen) atoms. The van der Waals surface area contributed by atoms with Gasteiger partial charge in [-0.15, -0.1) is 6.58 Å². The summed E-state index contributed by atoms with van der Waals surface area (Å²) in [4.78, 5) is 12.0. The second kappa shape index (κ2) is 6.47. The van der Waals surface area contributed by atoms with Gasteiger partial charge in [-0.1, -0.05) is 6.08 Å². The third-order valence-electron chi connectivity index (χ3n) is 3.03. The lowest BCUT2D eigenvalue weighted by Crippen LogP contribution is -2.31. The lowest BCUT2D eigenvalue weighted by molar-refractivity contribution is 0.618. The van der Waals surface area contributed by atoms with Crippen molar-refractivity contribution in [3.8, 4) is 0 Å². The van der Waals surface area contributed by atoms with E-state index in [1.807, 2.05) is 0 Å². The molecule has 1 fully saturated rings. The molecule has 1 aromatic rings. The number of allylic oxidation sites excluding steroid dienone is 1. The van der Waals surface area contributed by atoms with Gasteiger partial charge in [0.15, 0.2) is 0 Å². The molecule has 2 heterocycles. The Morgan fingerprint density at radius 3 is 2.89 bits per heavy atom. The Morgan fingerprint density at radius 2 is 2.26 bits per heavy atom. The molecule has 7 heteroatoms. The van der Waals surface area contributed by atoms with Gasteiger partial charge in [-0.3, -0.25) is 9.00 Å². The van der Waals surface area contributed by atoms with E-state index in [1.165, 1.54) is 4.68 Å². The quantitative estimate of drug-likeness (QED) is 0.840. The van der Waals surface area contributed by atoms with Crippen LogP contribution in [0.4, 0.5) is 5.69 Å². The lowest BCUT2D eigenvalue weighted by atomic mass is 10.1. The van der Waals surface area contributed by atoms with Crippen LogP contribution in [-0.2, 0) is 17.3 Å². The first-order chi connectivity index (χ1) is 9.11. The molecule has 0 aromatic carbocycles. The van der Waals surface area contributed by atoms with Gasteiger partial charge in [0, 0.05) is 28.3 Å². The molecule has 1 aliphatic rings. The topological polar surface area (TPSA) is 64.0 Å². The zero-order valence-electron chi connectivity index (χ0n) is 10.5. The van der Waals surface area contributed by atoms with Gasteiger partial charge in [0.05, 0.1) is 18.4 Å². The molecule has 5 nitrogen and oxygen atoms in total. The smallest absolute Gasteiger partial charge is 0.283 e. The average Bonchev–Trinajstić information content (AvgIpc) is 2.41. The maximum absolute atomic E-state index is 12.0. The number of halogens is 1. The van der Waals surface area contributed by atoms with Crippen molar-refractivity contribution in [1.82, 2.24) is 9.78 Å². The van der Waals surface area contributed by atoms with Gasteiger partial charge in [0.1, 0.15) is 4.47 Å². The van der Waals surface area contributed by atoms with E-state index in [0.29, 0.717) is 16.7 Å². The van der Waals surface area contributed by atoms with Crippen molar-refractivity contribution in [2.45, 2.75) is 25.4 Å². The molecule has 2 rings (SSSR count). The highest BCUT2D eigenvalue weighted by atomic mass is 79.9. The van der Waals surface area contributed by atoms with E-state index in [1.54, 1.807) is 12.3 Å². The standard InChI is InChI=1S/C12H16BrN3O2S/c1-2-5-16-12(17)11(13)10(8-14-16)15-9-3-6-19(18)7-4-9/h2,8-9,15H,1,3-7H2. The summed E-state index contributed by atoms with van der Waals surface area (Å²) in [6, 6.07) is 0.255. The molecule has 1 N–H and O–H groups in total. The number of hydrogen-bond donors (Lipinski definition) is 1. The Labute approximate surface area is 122 Å². The van der Waals surface area contributed by atoms with Crippen molar-refractivity contribution < 1.29 is 4.21 Å². The molecule has 1 aliphatic heterocycles. The number of hydrogen-bond acceptors (Lipinski definition) is 4. The Bertz CT molecular complexity index is 548. The van der Waals surface area contributed by atoms with Crippen LogP contribution in [0.3, 0.4) is 0 Å². The minimum absolute atomic E-state index is 0.177. The molecule has 0 spiro atoms. The first-order valence-electron chi connectivity index (χ1n) is 6.10. The van der Waals surface area contributed by atoms with Gasteiger partial charge >= 0.3 is 0 Å². The summed E-state index contributed by atoms with van der Waals surface area (Å²) in [6.45, 7) is 3.98. The highest BCUT2D eigenvalue weighted by Gasteiger charge is 2.19. The largest absolute Gasteiger partial charge is 0.380 e. The highest BCUT2D eigenvalue weighted by Crippen LogP contribution is 2.20. The minimum atomic E-state index is -0.679. The van der Waals surface area contributed by atoms with Gasteiger partial charge in [0.2, 0.25) is 0 Å².